The summed E-state index contributed by atoms with van der Waals surface area (Å²) in [7, 11) is 0. The molecular weight excluding hydrogens is 322 g/mol. The van der Waals surface area contributed by atoms with Gasteiger partial charge in [0, 0.05) is 13.1 Å². The number of amides is 1. The number of unbranched alkanes of at least 4 members (excludes halogenated alkanes) is 12. The summed E-state index contributed by atoms with van der Waals surface area (Å²) in [5.74, 6) is 0.520. The van der Waals surface area contributed by atoms with Crippen molar-refractivity contribution in [2.75, 3.05) is 13.1 Å². The van der Waals surface area contributed by atoms with E-state index in [1.807, 2.05) is 4.90 Å². The van der Waals surface area contributed by atoms with E-state index in [0.29, 0.717) is 5.76 Å². The van der Waals surface area contributed by atoms with Gasteiger partial charge in [-0.05, 0) is 25.0 Å². The Morgan fingerprint density at radius 1 is 0.769 bits per heavy atom. The highest BCUT2D eigenvalue weighted by Gasteiger charge is 2.17. The van der Waals surface area contributed by atoms with E-state index in [1.165, 1.54) is 70.6 Å². The maximum atomic E-state index is 12.5. The Morgan fingerprint density at radius 2 is 1.27 bits per heavy atom. The fourth-order valence-corrected chi connectivity index (χ4v) is 3.36. The van der Waals surface area contributed by atoms with Gasteiger partial charge in [0.2, 0.25) is 0 Å². The number of carbonyl (C=O) groups excluding carboxylic acids is 1. The molecule has 0 bridgehead atoms. The van der Waals surface area contributed by atoms with Gasteiger partial charge in [-0.2, -0.15) is 0 Å². The first-order valence-electron chi connectivity index (χ1n) is 11.1. The summed E-state index contributed by atoms with van der Waals surface area (Å²) >= 11 is 0. The van der Waals surface area contributed by atoms with Gasteiger partial charge in [-0.3, -0.25) is 4.79 Å². The third kappa shape index (κ3) is 10.7. The molecule has 150 valence electrons. The van der Waals surface area contributed by atoms with Crippen LogP contribution >= 0.6 is 0 Å². The van der Waals surface area contributed by atoms with Crippen LogP contribution in [0.2, 0.25) is 0 Å². The zero-order valence-electron chi connectivity index (χ0n) is 17.3. The first-order chi connectivity index (χ1) is 12.8. The van der Waals surface area contributed by atoms with Crippen molar-refractivity contribution in [3.63, 3.8) is 0 Å². The van der Waals surface area contributed by atoms with E-state index in [1.54, 1.807) is 18.4 Å². The largest absolute Gasteiger partial charge is 0.459 e. The van der Waals surface area contributed by atoms with Gasteiger partial charge < -0.3 is 9.32 Å². The van der Waals surface area contributed by atoms with Crippen molar-refractivity contribution in [1.82, 2.24) is 4.90 Å². The summed E-state index contributed by atoms with van der Waals surface area (Å²) in [5, 5.41) is 0. The fraction of sp³-hybridized carbons (Fsp3) is 0.783. The highest BCUT2D eigenvalue weighted by molar-refractivity contribution is 5.91. The Balaban J connectivity index is 2.05. The standard InChI is InChI=1S/C23H41NO2/c1-3-5-7-8-9-10-11-12-13-14-15-16-20-24(19-6-4-2)23(25)22-18-17-21-26-22/h17-18,21H,3-16,19-20H2,1-2H3. The molecule has 0 aliphatic rings. The Bertz CT molecular complexity index is 427. The molecule has 0 saturated heterocycles. The van der Waals surface area contributed by atoms with Crippen molar-refractivity contribution in [3.8, 4) is 0 Å². The molecule has 0 saturated carbocycles. The van der Waals surface area contributed by atoms with Gasteiger partial charge in [-0.1, -0.05) is 90.9 Å². The quantitative estimate of drug-likeness (QED) is 0.274. The van der Waals surface area contributed by atoms with E-state index in [4.69, 9.17) is 4.42 Å². The molecule has 0 N–H and O–H groups in total. The molecule has 0 aromatic carbocycles. The molecule has 0 atom stereocenters. The van der Waals surface area contributed by atoms with Gasteiger partial charge >= 0.3 is 0 Å². The Morgan fingerprint density at radius 3 is 1.77 bits per heavy atom. The lowest BCUT2D eigenvalue weighted by molar-refractivity contribution is 0.0718. The van der Waals surface area contributed by atoms with Gasteiger partial charge in [0.15, 0.2) is 5.76 Å². The summed E-state index contributed by atoms with van der Waals surface area (Å²) in [6.07, 6.45) is 19.9. The lowest BCUT2D eigenvalue weighted by Gasteiger charge is -2.21. The van der Waals surface area contributed by atoms with E-state index in [9.17, 15) is 4.79 Å². The Kier molecular flexibility index (Phi) is 14.0. The van der Waals surface area contributed by atoms with Crippen LogP contribution in [0.4, 0.5) is 0 Å². The molecule has 1 amide bonds. The number of carbonyl (C=O) groups is 1. The molecule has 1 rings (SSSR count). The number of nitrogens with zero attached hydrogens (tertiary/aromatic N) is 1. The normalized spacial score (nSPS) is 11.0. The van der Waals surface area contributed by atoms with Gasteiger partial charge in [0.25, 0.3) is 5.91 Å². The van der Waals surface area contributed by atoms with E-state index < -0.39 is 0 Å². The van der Waals surface area contributed by atoms with E-state index in [0.717, 1.165) is 32.4 Å². The van der Waals surface area contributed by atoms with Gasteiger partial charge in [-0.15, -0.1) is 0 Å². The van der Waals surface area contributed by atoms with Crippen LogP contribution in [0.1, 0.15) is 114 Å². The zero-order chi connectivity index (χ0) is 18.9. The SMILES string of the molecule is CCCCCCCCCCCCCCN(CCCC)C(=O)c1ccco1. The maximum Gasteiger partial charge on any atom is 0.289 e. The van der Waals surface area contributed by atoms with Gasteiger partial charge in [0.05, 0.1) is 6.26 Å². The van der Waals surface area contributed by atoms with Crippen LogP contribution in [-0.2, 0) is 0 Å². The predicted octanol–water partition coefficient (Wildman–Crippen LogP) is 7.22. The van der Waals surface area contributed by atoms with Crippen molar-refractivity contribution in [3.05, 3.63) is 24.2 Å². The summed E-state index contributed by atoms with van der Waals surface area (Å²) in [4.78, 5) is 14.4. The molecule has 1 heterocycles. The monoisotopic (exact) mass is 363 g/mol. The Labute approximate surface area is 161 Å². The molecule has 0 aliphatic heterocycles. The molecule has 1 aromatic rings. The maximum absolute atomic E-state index is 12.5. The molecule has 0 spiro atoms. The smallest absolute Gasteiger partial charge is 0.289 e. The minimum atomic E-state index is 0.0477. The molecule has 0 radical (unpaired) electrons. The van der Waals surface area contributed by atoms with E-state index >= 15 is 0 Å². The highest BCUT2D eigenvalue weighted by Crippen LogP contribution is 2.13. The van der Waals surface area contributed by atoms with Crippen molar-refractivity contribution in [2.45, 2.75) is 104 Å². The predicted molar refractivity (Wildman–Crippen MR) is 111 cm³/mol. The molecule has 0 unspecified atom stereocenters. The second kappa shape index (κ2) is 16.0. The van der Waals surface area contributed by atoms with E-state index in [-0.39, 0.29) is 5.91 Å². The minimum absolute atomic E-state index is 0.0477. The molecule has 26 heavy (non-hydrogen) atoms. The molecule has 3 nitrogen and oxygen atoms in total. The lowest BCUT2D eigenvalue weighted by atomic mass is 10.1. The summed E-state index contributed by atoms with van der Waals surface area (Å²) in [5.41, 5.74) is 0. The van der Waals surface area contributed by atoms with Crippen LogP contribution in [0.15, 0.2) is 22.8 Å². The second-order valence-corrected chi connectivity index (χ2v) is 7.51. The summed E-state index contributed by atoms with van der Waals surface area (Å²) < 4.78 is 5.28. The average molecular weight is 364 g/mol. The van der Waals surface area contributed by atoms with Crippen LogP contribution in [-0.4, -0.2) is 23.9 Å². The number of rotatable bonds is 17. The summed E-state index contributed by atoms with van der Waals surface area (Å²) in [6.45, 7) is 6.14. The van der Waals surface area contributed by atoms with E-state index in [2.05, 4.69) is 13.8 Å². The summed E-state index contributed by atoms with van der Waals surface area (Å²) in [6, 6.07) is 3.55. The van der Waals surface area contributed by atoms with Crippen LogP contribution in [0.25, 0.3) is 0 Å². The highest BCUT2D eigenvalue weighted by atomic mass is 16.3. The molecule has 1 aromatic heterocycles. The van der Waals surface area contributed by atoms with Crippen molar-refractivity contribution in [1.29, 1.82) is 0 Å². The Hall–Kier alpha value is -1.25. The number of hydrogen-bond donors (Lipinski definition) is 0. The van der Waals surface area contributed by atoms with Gasteiger partial charge in [-0.25, -0.2) is 0 Å². The van der Waals surface area contributed by atoms with Crippen LogP contribution in [0, 0.1) is 0 Å². The van der Waals surface area contributed by atoms with Crippen LogP contribution in [0.5, 0.6) is 0 Å². The lowest BCUT2D eigenvalue weighted by Crippen LogP contribution is -2.32. The molecule has 3 heteroatoms. The molecule has 0 fully saturated rings. The molecular formula is C23H41NO2. The van der Waals surface area contributed by atoms with Crippen molar-refractivity contribution in [2.24, 2.45) is 0 Å². The van der Waals surface area contributed by atoms with Gasteiger partial charge in [0.1, 0.15) is 0 Å². The number of furan rings is 1. The van der Waals surface area contributed by atoms with Crippen LogP contribution in [0.3, 0.4) is 0 Å². The molecule has 0 aliphatic carbocycles. The number of hydrogen-bond acceptors (Lipinski definition) is 2. The first-order valence-corrected chi connectivity index (χ1v) is 11.1. The van der Waals surface area contributed by atoms with Crippen LogP contribution < -0.4 is 0 Å². The van der Waals surface area contributed by atoms with Crippen molar-refractivity contribution >= 4 is 5.91 Å². The zero-order valence-corrected chi connectivity index (χ0v) is 17.3. The average Bonchev–Trinajstić information content (AvgIpc) is 3.19. The fourth-order valence-electron chi connectivity index (χ4n) is 3.36. The second-order valence-electron chi connectivity index (χ2n) is 7.51. The topological polar surface area (TPSA) is 33.5 Å². The van der Waals surface area contributed by atoms with Crippen molar-refractivity contribution < 1.29 is 9.21 Å². The third-order valence-corrected chi connectivity index (χ3v) is 5.08. The minimum Gasteiger partial charge on any atom is -0.459 e. The third-order valence-electron chi connectivity index (χ3n) is 5.08. The first kappa shape index (κ1) is 22.8.